The number of hydrogen-bond acceptors (Lipinski definition) is 5. The van der Waals surface area contributed by atoms with Crippen molar-refractivity contribution in [2.75, 3.05) is 40.3 Å². The zero-order chi connectivity index (χ0) is 15.6. The summed E-state index contributed by atoms with van der Waals surface area (Å²) >= 11 is 0. The minimum absolute atomic E-state index is 0.191. The number of hydrogen-bond donors (Lipinski definition) is 2. The SMILES string of the molecule is CN1CCN(C)C(CNS(=O)(=O)c2cc(CN)n(C)c2)C1. The molecule has 1 saturated heterocycles. The highest BCUT2D eigenvalue weighted by atomic mass is 32.2. The molecule has 0 amide bonds. The van der Waals surface area contributed by atoms with Crippen LogP contribution in [0.5, 0.6) is 0 Å². The molecule has 0 spiro atoms. The Morgan fingerprint density at radius 3 is 2.67 bits per heavy atom. The standard InChI is InChI=1S/C13H25N5O2S/c1-16-4-5-17(2)12(9-16)8-15-21(19,20)13-6-11(7-14)18(3)10-13/h6,10,12,15H,4-5,7-9,14H2,1-3H3. The summed E-state index contributed by atoms with van der Waals surface area (Å²) < 4.78 is 29.1. The number of nitrogens with one attached hydrogen (secondary N) is 1. The van der Waals surface area contributed by atoms with Gasteiger partial charge < -0.3 is 15.2 Å². The van der Waals surface area contributed by atoms with Crippen molar-refractivity contribution >= 4 is 10.0 Å². The highest BCUT2D eigenvalue weighted by Gasteiger charge is 2.25. The van der Waals surface area contributed by atoms with E-state index in [0.717, 1.165) is 25.3 Å². The third kappa shape index (κ3) is 3.83. The van der Waals surface area contributed by atoms with Gasteiger partial charge in [-0.15, -0.1) is 0 Å². The van der Waals surface area contributed by atoms with E-state index in [1.807, 2.05) is 7.05 Å². The number of likely N-dealkylation sites (N-methyl/N-ethyl adjacent to an activating group) is 2. The van der Waals surface area contributed by atoms with Crippen molar-refractivity contribution in [2.45, 2.75) is 17.5 Å². The monoisotopic (exact) mass is 315 g/mol. The summed E-state index contributed by atoms with van der Waals surface area (Å²) in [5, 5.41) is 0. The molecule has 120 valence electrons. The summed E-state index contributed by atoms with van der Waals surface area (Å²) in [5.41, 5.74) is 6.38. The van der Waals surface area contributed by atoms with Gasteiger partial charge in [0.25, 0.3) is 0 Å². The van der Waals surface area contributed by atoms with Crippen molar-refractivity contribution in [3.63, 3.8) is 0 Å². The fraction of sp³-hybridized carbons (Fsp3) is 0.692. The van der Waals surface area contributed by atoms with E-state index in [4.69, 9.17) is 5.73 Å². The zero-order valence-electron chi connectivity index (χ0n) is 12.9. The zero-order valence-corrected chi connectivity index (χ0v) is 13.7. The third-order valence-electron chi connectivity index (χ3n) is 4.09. The van der Waals surface area contributed by atoms with Gasteiger partial charge >= 0.3 is 0 Å². The molecule has 0 bridgehead atoms. The first-order valence-corrected chi connectivity index (χ1v) is 8.55. The molecule has 0 aromatic carbocycles. The normalized spacial score (nSPS) is 21.8. The number of piperazine rings is 1. The molecule has 1 aliphatic heterocycles. The lowest BCUT2D eigenvalue weighted by atomic mass is 10.2. The van der Waals surface area contributed by atoms with Crippen LogP contribution in [0.4, 0.5) is 0 Å². The number of aromatic nitrogens is 1. The summed E-state index contributed by atoms with van der Waals surface area (Å²) in [5.74, 6) is 0. The Balaban J connectivity index is 2.03. The first-order chi connectivity index (χ1) is 9.83. The van der Waals surface area contributed by atoms with E-state index < -0.39 is 10.0 Å². The number of aryl methyl sites for hydroxylation is 1. The number of sulfonamides is 1. The van der Waals surface area contributed by atoms with E-state index in [2.05, 4.69) is 21.6 Å². The first-order valence-electron chi connectivity index (χ1n) is 7.07. The molecule has 1 aromatic heterocycles. The molecule has 0 radical (unpaired) electrons. The Morgan fingerprint density at radius 2 is 2.05 bits per heavy atom. The van der Waals surface area contributed by atoms with Gasteiger partial charge in [0.05, 0.1) is 4.90 Å². The molecule has 0 aliphatic carbocycles. The van der Waals surface area contributed by atoms with Crippen LogP contribution in [0.1, 0.15) is 5.69 Å². The van der Waals surface area contributed by atoms with E-state index >= 15 is 0 Å². The highest BCUT2D eigenvalue weighted by Crippen LogP contribution is 2.13. The van der Waals surface area contributed by atoms with Crippen molar-refractivity contribution in [3.05, 3.63) is 18.0 Å². The molecule has 1 fully saturated rings. The molecule has 21 heavy (non-hydrogen) atoms. The summed E-state index contributed by atoms with van der Waals surface area (Å²) in [6, 6.07) is 1.81. The van der Waals surface area contributed by atoms with E-state index in [9.17, 15) is 8.42 Å². The Bertz CT molecular complexity index is 583. The molecule has 2 heterocycles. The lowest BCUT2D eigenvalue weighted by Crippen LogP contribution is -2.54. The molecule has 8 heteroatoms. The van der Waals surface area contributed by atoms with E-state index in [1.54, 1.807) is 23.9 Å². The molecule has 1 unspecified atom stereocenters. The van der Waals surface area contributed by atoms with Crippen molar-refractivity contribution in [1.82, 2.24) is 19.1 Å². The van der Waals surface area contributed by atoms with Crippen LogP contribution < -0.4 is 10.5 Å². The minimum atomic E-state index is -3.48. The van der Waals surface area contributed by atoms with Gasteiger partial charge in [-0.2, -0.15) is 0 Å². The summed E-state index contributed by atoms with van der Waals surface area (Å²) in [4.78, 5) is 4.68. The average Bonchev–Trinajstić information content (AvgIpc) is 2.82. The van der Waals surface area contributed by atoms with Gasteiger partial charge in [0.2, 0.25) is 10.0 Å². The van der Waals surface area contributed by atoms with Crippen LogP contribution >= 0.6 is 0 Å². The van der Waals surface area contributed by atoms with Gasteiger partial charge in [-0.25, -0.2) is 13.1 Å². The second kappa shape index (κ2) is 6.45. The Hall–Kier alpha value is -0.930. The fourth-order valence-electron chi connectivity index (χ4n) is 2.54. The molecule has 0 saturated carbocycles. The quantitative estimate of drug-likeness (QED) is 0.729. The number of nitrogens with zero attached hydrogens (tertiary/aromatic N) is 3. The predicted octanol–water partition coefficient (Wildman–Crippen LogP) is -0.992. The lowest BCUT2D eigenvalue weighted by molar-refractivity contribution is 0.117. The summed E-state index contributed by atoms with van der Waals surface area (Å²) in [6.45, 7) is 3.56. The van der Waals surface area contributed by atoms with Gasteiger partial charge in [0.15, 0.2) is 0 Å². The van der Waals surface area contributed by atoms with E-state index in [-0.39, 0.29) is 10.9 Å². The largest absolute Gasteiger partial charge is 0.352 e. The molecule has 1 aromatic rings. The van der Waals surface area contributed by atoms with Crippen LogP contribution in [0, 0.1) is 0 Å². The Morgan fingerprint density at radius 1 is 1.33 bits per heavy atom. The van der Waals surface area contributed by atoms with Gasteiger partial charge in [-0.05, 0) is 20.2 Å². The van der Waals surface area contributed by atoms with E-state index in [1.165, 1.54) is 0 Å². The average molecular weight is 315 g/mol. The first kappa shape index (κ1) is 16.4. The van der Waals surface area contributed by atoms with Crippen molar-refractivity contribution < 1.29 is 8.42 Å². The maximum absolute atomic E-state index is 12.3. The lowest BCUT2D eigenvalue weighted by Gasteiger charge is -2.37. The molecule has 2 rings (SSSR count). The van der Waals surface area contributed by atoms with Crippen LogP contribution in [0.25, 0.3) is 0 Å². The Labute approximate surface area is 126 Å². The highest BCUT2D eigenvalue weighted by molar-refractivity contribution is 7.89. The predicted molar refractivity (Wildman–Crippen MR) is 82.4 cm³/mol. The third-order valence-corrected chi connectivity index (χ3v) is 5.48. The maximum atomic E-state index is 12.3. The number of rotatable bonds is 5. The molecular weight excluding hydrogens is 290 g/mol. The van der Waals surface area contributed by atoms with Crippen molar-refractivity contribution in [2.24, 2.45) is 12.8 Å². The van der Waals surface area contributed by atoms with Crippen molar-refractivity contribution in [3.8, 4) is 0 Å². The fourth-order valence-corrected chi connectivity index (χ4v) is 3.70. The van der Waals surface area contributed by atoms with Crippen LogP contribution in [0.15, 0.2) is 17.2 Å². The van der Waals surface area contributed by atoms with Crippen molar-refractivity contribution in [1.29, 1.82) is 0 Å². The maximum Gasteiger partial charge on any atom is 0.242 e. The second-order valence-corrected chi connectivity index (χ2v) is 7.50. The Kier molecular flexibility index (Phi) is 5.05. The molecule has 1 atom stereocenters. The van der Waals surface area contributed by atoms with Crippen LogP contribution in [0.2, 0.25) is 0 Å². The van der Waals surface area contributed by atoms with Crippen LogP contribution in [0.3, 0.4) is 0 Å². The van der Waals surface area contributed by atoms with Gasteiger partial charge in [-0.3, -0.25) is 4.90 Å². The topological polar surface area (TPSA) is 83.6 Å². The minimum Gasteiger partial charge on any atom is -0.352 e. The smallest absolute Gasteiger partial charge is 0.242 e. The van der Waals surface area contributed by atoms with Crippen LogP contribution in [-0.4, -0.2) is 69.1 Å². The van der Waals surface area contributed by atoms with Crippen LogP contribution in [-0.2, 0) is 23.6 Å². The molecular formula is C13H25N5O2S. The molecule has 7 nitrogen and oxygen atoms in total. The van der Waals surface area contributed by atoms with Gasteiger partial charge in [0, 0.05) is 57.7 Å². The molecule has 3 N–H and O–H groups in total. The van der Waals surface area contributed by atoms with Gasteiger partial charge in [0.1, 0.15) is 0 Å². The summed E-state index contributed by atoms with van der Waals surface area (Å²) in [7, 11) is 2.40. The summed E-state index contributed by atoms with van der Waals surface area (Å²) in [6.07, 6.45) is 1.60. The second-order valence-electron chi connectivity index (χ2n) is 5.73. The van der Waals surface area contributed by atoms with E-state index in [0.29, 0.717) is 13.1 Å². The van der Waals surface area contributed by atoms with Gasteiger partial charge in [-0.1, -0.05) is 0 Å². The number of nitrogens with two attached hydrogens (primary N) is 1. The molecule has 1 aliphatic rings.